The molecule has 0 aliphatic carbocycles. The van der Waals surface area contributed by atoms with Crippen LogP contribution in [0.1, 0.15) is 23.8 Å². The van der Waals surface area contributed by atoms with Crippen molar-refractivity contribution in [2.24, 2.45) is 5.73 Å². The van der Waals surface area contributed by atoms with Crippen molar-refractivity contribution in [1.29, 1.82) is 0 Å². The van der Waals surface area contributed by atoms with Crippen molar-refractivity contribution in [2.45, 2.75) is 32.5 Å². The standard InChI is InChI=1S/C17H25N3S/c1-13-11-19(2)8-5-9-20(13)12-15-14-6-3-4-7-16(14)21-17(15)10-18/h3-4,6-7,13H,5,8-12,18H2,1-2H3. The zero-order valence-electron chi connectivity index (χ0n) is 13.0. The molecule has 21 heavy (non-hydrogen) atoms. The average Bonchev–Trinajstić information content (AvgIpc) is 2.75. The normalized spacial score (nSPS) is 21.8. The van der Waals surface area contributed by atoms with Gasteiger partial charge in [-0.2, -0.15) is 0 Å². The Kier molecular flexibility index (Phi) is 4.60. The molecule has 2 aromatic rings. The second-order valence-electron chi connectivity index (χ2n) is 6.14. The van der Waals surface area contributed by atoms with Gasteiger partial charge in [-0.25, -0.2) is 0 Å². The lowest BCUT2D eigenvalue weighted by molar-refractivity contribution is 0.195. The molecule has 0 spiro atoms. The minimum atomic E-state index is 0.599. The van der Waals surface area contributed by atoms with Gasteiger partial charge in [-0.3, -0.25) is 4.90 Å². The molecule has 0 amide bonds. The molecule has 0 radical (unpaired) electrons. The van der Waals surface area contributed by atoms with Crippen molar-refractivity contribution >= 4 is 21.4 Å². The molecular formula is C17H25N3S. The summed E-state index contributed by atoms with van der Waals surface area (Å²) in [6, 6.07) is 9.31. The third-order valence-electron chi connectivity index (χ3n) is 4.51. The van der Waals surface area contributed by atoms with E-state index in [0.717, 1.165) is 13.1 Å². The lowest BCUT2D eigenvalue weighted by Crippen LogP contribution is -2.37. The van der Waals surface area contributed by atoms with Crippen molar-refractivity contribution in [3.05, 3.63) is 34.7 Å². The Morgan fingerprint density at radius 2 is 2.10 bits per heavy atom. The summed E-state index contributed by atoms with van der Waals surface area (Å²) in [5, 5.41) is 1.40. The minimum Gasteiger partial charge on any atom is -0.326 e. The number of benzene rings is 1. The summed E-state index contributed by atoms with van der Waals surface area (Å²) in [5.74, 6) is 0. The fraction of sp³-hybridized carbons (Fsp3) is 0.529. The van der Waals surface area contributed by atoms with E-state index >= 15 is 0 Å². The Labute approximate surface area is 131 Å². The van der Waals surface area contributed by atoms with Crippen LogP contribution in [0.2, 0.25) is 0 Å². The van der Waals surface area contributed by atoms with Crippen LogP contribution in [0.15, 0.2) is 24.3 Å². The summed E-state index contributed by atoms with van der Waals surface area (Å²) in [7, 11) is 2.23. The number of hydrogen-bond acceptors (Lipinski definition) is 4. The van der Waals surface area contributed by atoms with Gasteiger partial charge in [-0.1, -0.05) is 18.2 Å². The maximum absolute atomic E-state index is 5.99. The summed E-state index contributed by atoms with van der Waals surface area (Å²) < 4.78 is 1.37. The monoisotopic (exact) mass is 303 g/mol. The van der Waals surface area contributed by atoms with Crippen molar-refractivity contribution in [3.8, 4) is 0 Å². The van der Waals surface area contributed by atoms with Gasteiger partial charge in [0.2, 0.25) is 0 Å². The molecule has 1 aromatic carbocycles. The first-order valence-corrected chi connectivity index (χ1v) is 8.62. The smallest absolute Gasteiger partial charge is 0.0349 e. The zero-order valence-corrected chi connectivity index (χ0v) is 13.8. The lowest BCUT2D eigenvalue weighted by atomic mass is 10.1. The van der Waals surface area contributed by atoms with E-state index in [1.165, 1.54) is 40.0 Å². The SMILES string of the molecule is CC1CN(C)CCCN1Cc1c(CN)sc2ccccc12. The number of thiophene rings is 1. The topological polar surface area (TPSA) is 32.5 Å². The number of fused-ring (bicyclic) bond motifs is 1. The highest BCUT2D eigenvalue weighted by Crippen LogP contribution is 2.32. The molecule has 1 fully saturated rings. The molecule has 4 heteroatoms. The van der Waals surface area contributed by atoms with Crippen LogP contribution in [-0.2, 0) is 13.1 Å². The van der Waals surface area contributed by atoms with E-state index in [1.807, 2.05) is 11.3 Å². The number of nitrogens with two attached hydrogens (primary N) is 1. The van der Waals surface area contributed by atoms with Gasteiger partial charge in [0.05, 0.1) is 0 Å². The van der Waals surface area contributed by atoms with Crippen LogP contribution < -0.4 is 5.73 Å². The fourth-order valence-electron chi connectivity index (χ4n) is 3.35. The van der Waals surface area contributed by atoms with E-state index in [4.69, 9.17) is 5.73 Å². The summed E-state index contributed by atoms with van der Waals surface area (Å²) >= 11 is 1.86. The van der Waals surface area contributed by atoms with Crippen LogP contribution in [0.3, 0.4) is 0 Å². The average molecular weight is 303 g/mol. The van der Waals surface area contributed by atoms with Crippen LogP contribution >= 0.6 is 11.3 Å². The summed E-state index contributed by atoms with van der Waals surface area (Å²) in [5.41, 5.74) is 7.44. The molecule has 1 saturated heterocycles. The Hall–Kier alpha value is -0.940. The first kappa shape index (κ1) is 15.0. The number of likely N-dealkylation sites (N-methyl/N-ethyl adjacent to an activating group) is 1. The van der Waals surface area contributed by atoms with E-state index in [1.54, 1.807) is 0 Å². The van der Waals surface area contributed by atoms with Gasteiger partial charge in [0.15, 0.2) is 0 Å². The highest BCUT2D eigenvalue weighted by Gasteiger charge is 2.22. The van der Waals surface area contributed by atoms with Gasteiger partial charge in [0, 0.05) is 41.8 Å². The predicted molar refractivity (Wildman–Crippen MR) is 91.7 cm³/mol. The first-order chi connectivity index (χ1) is 10.2. The van der Waals surface area contributed by atoms with Crippen LogP contribution in [0.5, 0.6) is 0 Å². The van der Waals surface area contributed by atoms with Gasteiger partial charge >= 0.3 is 0 Å². The minimum absolute atomic E-state index is 0.599. The summed E-state index contributed by atoms with van der Waals surface area (Å²) in [4.78, 5) is 6.42. The molecule has 2 N–H and O–H groups in total. The van der Waals surface area contributed by atoms with Crippen LogP contribution in [-0.4, -0.2) is 42.5 Å². The fourth-order valence-corrected chi connectivity index (χ4v) is 4.44. The van der Waals surface area contributed by atoms with Crippen LogP contribution in [0.25, 0.3) is 10.1 Å². The van der Waals surface area contributed by atoms with E-state index in [9.17, 15) is 0 Å². The van der Waals surface area contributed by atoms with Gasteiger partial charge in [-0.05, 0) is 44.0 Å². The van der Waals surface area contributed by atoms with Gasteiger partial charge < -0.3 is 10.6 Å². The molecule has 3 nitrogen and oxygen atoms in total. The van der Waals surface area contributed by atoms with Crippen molar-refractivity contribution < 1.29 is 0 Å². The van der Waals surface area contributed by atoms with Gasteiger partial charge in [-0.15, -0.1) is 11.3 Å². The van der Waals surface area contributed by atoms with Crippen molar-refractivity contribution in [2.75, 3.05) is 26.7 Å². The molecule has 0 saturated carbocycles. The summed E-state index contributed by atoms with van der Waals surface area (Å²) in [6.07, 6.45) is 1.25. The van der Waals surface area contributed by atoms with Crippen molar-refractivity contribution in [1.82, 2.24) is 9.80 Å². The largest absolute Gasteiger partial charge is 0.326 e. The molecular weight excluding hydrogens is 278 g/mol. The molecule has 1 aliphatic heterocycles. The van der Waals surface area contributed by atoms with Gasteiger partial charge in [0.25, 0.3) is 0 Å². The van der Waals surface area contributed by atoms with E-state index < -0.39 is 0 Å². The number of nitrogens with zero attached hydrogens (tertiary/aromatic N) is 2. The Balaban J connectivity index is 1.89. The highest BCUT2D eigenvalue weighted by molar-refractivity contribution is 7.19. The van der Waals surface area contributed by atoms with Crippen LogP contribution in [0.4, 0.5) is 0 Å². The molecule has 3 rings (SSSR count). The molecule has 1 unspecified atom stereocenters. The van der Waals surface area contributed by atoms with Gasteiger partial charge in [0.1, 0.15) is 0 Å². The number of rotatable bonds is 3. The highest BCUT2D eigenvalue weighted by atomic mass is 32.1. The second kappa shape index (κ2) is 6.44. The van der Waals surface area contributed by atoms with Crippen LogP contribution in [0, 0.1) is 0 Å². The maximum Gasteiger partial charge on any atom is 0.0349 e. The molecule has 1 aromatic heterocycles. The van der Waals surface area contributed by atoms with E-state index in [-0.39, 0.29) is 0 Å². The Bertz CT molecular complexity index is 607. The lowest BCUT2D eigenvalue weighted by Gasteiger charge is -2.28. The summed E-state index contributed by atoms with van der Waals surface area (Å²) in [6.45, 7) is 7.57. The Morgan fingerprint density at radius 1 is 1.29 bits per heavy atom. The first-order valence-electron chi connectivity index (χ1n) is 7.81. The Morgan fingerprint density at radius 3 is 2.90 bits per heavy atom. The van der Waals surface area contributed by atoms with E-state index in [0.29, 0.717) is 12.6 Å². The molecule has 0 bridgehead atoms. The molecule has 1 atom stereocenters. The molecule has 114 valence electrons. The van der Waals surface area contributed by atoms with Crippen molar-refractivity contribution in [3.63, 3.8) is 0 Å². The van der Waals surface area contributed by atoms with E-state index in [2.05, 4.69) is 48.0 Å². The third-order valence-corrected chi connectivity index (χ3v) is 5.75. The quantitative estimate of drug-likeness (QED) is 0.946. The zero-order chi connectivity index (χ0) is 14.8. The molecule has 2 heterocycles. The predicted octanol–water partition coefficient (Wildman–Crippen LogP) is 2.89. The third kappa shape index (κ3) is 3.14. The molecule has 1 aliphatic rings. The number of hydrogen-bond donors (Lipinski definition) is 1. The maximum atomic E-state index is 5.99. The second-order valence-corrected chi connectivity index (χ2v) is 7.28.